The SMILES string of the molecule is COc1ccc(S(=O)(=O)N(CC(=O)Nc2ccc(Cl)cc2C)Cc2ccccc2)cc1C. The maximum Gasteiger partial charge on any atom is 0.243 e. The second-order valence-corrected chi connectivity index (χ2v) is 9.77. The number of amides is 1. The molecule has 0 heterocycles. The summed E-state index contributed by atoms with van der Waals surface area (Å²) in [6, 6.07) is 18.9. The Kier molecular flexibility index (Phi) is 7.56. The lowest BCUT2D eigenvalue weighted by atomic mass is 10.2. The summed E-state index contributed by atoms with van der Waals surface area (Å²) in [6.07, 6.45) is 0. The van der Waals surface area contributed by atoms with E-state index in [-0.39, 0.29) is 18.0 Å². The first-order valence-electron chi connectivity index (χ1n) is 9.95. The zero-order chi connectivity index (χ0) is 23.3. The average Bonchev–Trinajstić information content (AvgIpc) is 2.76. The standard InChI is InChI=1S/C24H25ClN2O4S/c1-17-13-20(25)9-11-22(17)26-24(28)16-27(15-19-7-5-4-6-8-19)32(29,30)21-10-12-23(31-3)18(2)14-21/h4-14H,15-16H2,1-3H3,(H,26,28). The summed E-state index contributed by atoms with van der Waals surface area (Å²) < 4.78 is 33.4. The maximum absolute atomic E-state index is 13.5. The fraction of sp³-hybridized carbons (Fsp3) is 0.208. The normalized spacial score (nSPS) is 11.4. The van der Waals surface area contributed by atoms with Gasteiger partial charge in [0.15, 0.2) is 0 Å². The highest BCUT2D eigenvalue weighted by molar-refractivity contribution is 7.89. The molecule has 168 valence electrons. The van der Waals surface area contributed by atoms with Crippen LogP contribution in [0.15, 0.2) is 71.6 Å². The fourth-order valence-corrected chi connectivity index (χ4v) is 4.99. The summed E-state index contributed by atoms with van der Waals surface area (Å²) in [5.41, 5.74) is 2.83. The van der Waals surface area contributed by atoms with E-state index in [2.05, 4.69) is 5.32 Å². The second kappa shape index (κ2) is 10.2. The lowest BCUT2D eigenvalue weighted by Crippen LogP contribution is -2.37. The number of carbonyl (C=O) groups is 1. The third kappa shape index (κ3) is 5.68. The number of sulfonamides is 1. The molecule has 3 aromatic rings. The highest BCUT2D eigenvalue weighted by atomic mass is 35.5. The summed E-state index contributed by atoms with van der Waals surface area (Å²) in [7, 11) is -2.43. The predicted molar refractivity (Wildman–Crippen MR) is 127 cm³/mol. The van der Waals surface area contributed by atoms with Gasteiger partial charge in [-0.3, -0.25) is 4.79 Å². The van der Waals surface area contributed by atoms with Gasteiger partial charge < -0.3 is 10.1 Å². The van der Waals surface area contributed by atoms with Crippen LogP contribution in [0.2, 0.25) is 5.02 Å². The fourth-order valence-electron chi connectivity index (χ4n) is 3.29. The molecule has 0 radical (unpaired) electrons. The van der Waals surface area contributed by atoms with Crippen LogP contribution < -0.4 is 10.1 Å². The molecule has 8 heteroatoms. The molecule has 0 saturated heterocycles. The molecule has 0 bridgehead atoms. The van der Waals surface area contributed by atoms with Crippen LogP contribution in [0.4, 0.5) is 5.69 Å². The van der Waals surface area contributed by atoms with Gasteiger partial charge in [0.05, 0.1) is 18.6 Å². The lowest BCUT2D eigenvalue weighted by molar-refractivity contribution is -0.116. The number of hydrogen-bond acceptors (Lipinski definition) is 4. The maximum atomic E-state index is 13.5. The number of rotatable bonds is 8. The van der Waals surface area contributed by atoms with E-state index < -0.39 is 15.9 Å². The van der Waals surface area contributed by atoms with Gasteiger partial charge in [-0.1, -0.05) is 41.9 Å². The Morgan fingerprint density at radius 1 is 1.00 bits per heavy atom. The molecule has 0 aromatic heterocycles. The topological polar surface area (TPSA) is 75.7 Å². The van der Waals surface area contributed by atoms with Crippen LogP contribution in [0.3, 0.4) is 0 Å². The number of carbonyl (C=O) groups excluding carboxylic acids is 1. The number of anilines is 1. The number of nitrogens with zero attached hydrogens (tertiary/aromatic N) is 1. The molecule has 6 nitrogen and oxygen atoms in total. The van der Waals surface area contributed by atoms with Gasteiger partial charge in [-0.15, -0.1) is 0 Å². The first-order valence-corrected chi connectivity index (χ1v) is 11.8. The molecule has 0 fully saturated rings. The van der Waals surface area contributed by atoms with Crippen LogP contribution in [-0.2, 0) is 21.4 Å². The molecule has 1 N–H and O–H groups in total. The summed E-state index contributed by atoms with van der Waals surface area (Å²) >= 11 is 5.98. The Bertz CT molecular complexity index is 1210. The Morgan fingerprint density at radius 2 is 1.72 bits per heavy atom. The Hall–Kier alpha value is -2.87. The molecular weight excluding hydrogens is 448 g/mol. The molecule has 0 aliphatic rings. The van der Waals surface area contributed by atoms with Crippen molar-refractivity contribution >= 4 is 33.2 Å². The Balaban J connectivity index is 1.90. The van der Waals surface area contributed by atoms with E-state index in [4.69, 9.17) is 16.3 Å². The number of methoxy groups -OCH3 is 1. The third-order valence-corrected chi connectivity index (χ3v) is 7.01. The highest BCUT2D eigenvalue weighted by Gasteiger charge is 2.27. The van der Waals surface area contributed by atoms with Crippen molar-refractivity contribution in [2.45, 2.75) is 25.3 Å². The molecule has 3 aromatic carbocycles. The van der Waals surface area contributed by atoms with E-state index in [9.17, 15) is 13.2 Å². The van der Waals surface area contributed by atoms with Crippen LogP contribution in [0.25, 0.3) is 0 Å². The monoisotopic (exact) mass is 472 g/mol. The van der Waals surface area contributed by atoms with E-state index in [0.717, 1.165) is 11.1 Å². The van der Waals surface area contributed by atoms with Crippen LogP contribution in [-0.4, -0.2) is 32.3 Å². The minimum Gasteiger partial charge on any atom is -0.496 e. The van der Waals surface area contributed by atoms with Gasteiger partial charge in [0.2, 0.25) is 15.9 Å². The number of nitrogens with one attached hydrogen (secondary N) is 1. The largest absolute Gasteiger partial charge is 0.496 e. The number of ether oxygens (including phenoxy) is 1. The van der Waals surface area contributed by atoms with Crippen molar-refractivity contribution in [3.8, 4) is 5.75 Å². The minimum absolute atomic E-state index is 0.0568. The number of benzene rings is 3. The van der Waals surface area contributed by atoms with Crippen molar-refractivity contribution in [1.82, 2.24) is 4.31 Å². The predicted octanol–water partition coefficient (Wildman–Crippen LogP) is 4.80. The van der Waals surface area contributed by atoms with Crippen LogP contribution in [0, 0.1) is 13.8 Å². The molecule has 32 heavy (non-hydrogen) atoms. The van der Waals surface area contributed by atoms with Gasteiger partial charge >= 0.3 is 0 Å². The summed E-state index contributed by atoms with van der Waals surface area (Å²) in [5, 5.41) is 3.34. The van der Waals surface area contributed by atoms with E-state index in [1.807, 2.05) is 37.3 Å². The first-order chi connectivity index (χ1) is 15.2. The van der Waals surface area contributed by atoms with Crippen molar-refractivity contribution in [1.29, 1.82) is 0 Å². The van der Waals surface area contributed by atoms with Gasteiger partial charge in [-0.05, 0) is 66.9 Å². The van der Waals surface area contributed by atoms with Crippen molar-refractivity contribution in [2.24, 2.45) is 0 Å². The first kappa shape index (κ1) is 23.8. The Morgan fingerprint density at radius 3 is 2.34 bits per heavy atom. The van der Waals surface area contributed by atoms with Gasteiger partial charge in [0, 0.05) is 17.3 Å². The summed E-state index contributed by atoms with van der Waals surface area (Å²) in [4.78, 5) is 12.9. The quantitative estimate of drug-likeness (QED) is 0.511. The van der Waals surface area contributed by atoms with Crippen LogP contribution in [0.1, 0.15) is 16.7 Å². The van der Waals surface area contributed by atoms with Gasteiger partial charge in [-0.25, -0.2) is 8.42 Å². The van der Waals surface area contributed by atoms with Gasteiger partial charge in [0.1, 0.15) is 5.75 Å². The lowest BCUT2D eigenvalue weighted by Gasteiger charge is -2.23. The zero-order valence-corrected chi connectivity index (χ0v) is 19.7. The minimum atomic E-state index is -3.96. The van der Waals surface area contributed by atoms with E-state index in [1.54, 1.807) is 37.3 Å². The van der Waals surface area contributed by atoms with Gasteiger partial charge in [0.25, 0.3) is 0 Å². The number of hydrogen-bond donors (Lipinski definition) is 1. The third-order valence-electron chi connectivity index (χ3n) is 4.99. The summed E-state index contributed by atoms with van der Waals surface area (Å²) in [5.74, 6) is 0.148. The highest BCUT2D eigenvalue weighted by Crippen LogP contribution is 2.25. The molecule has 0 unspecified atom stereocenters. The van der Waals surface area contributed by atoms with Crippen molar-refractivity contribution < 1.29 is 17.9 Å². The second-order valence-electron chi connectivity index (χ2n) is 7.40. The molecule has 1 amide bonds. The Labute approximate surface area is 193 Å². The molecular formula is C24H25ClN2O4S. The van der Waals surface area contributed by atoms with E-state index in [1.165, 1.54) is 17.5 Å². The van der Waals surface area contributed by atoms with Crippen LogP contribution in [0.5, 0.6) is 5.75 Å². The molecule has 3 rings (SSSR count). The molecule has 0 spiro atoms. The average molecular weight is 473 g/mol. The van der Waals surface area contributed by atoms with Crippen molar-refractivity contribution in [3.63, 3.8) is 0 Å². The zero-order valence-electron chi connectivity index (χ0n) is 18.1. The number of aryl methyl sites for hydroxylation is 2. The van der Waals surface area contributed by atoms with Crippen molar-refractivity contribution in [2.75, 3.05) is 19.0 Å². The van der Waals surface area contributed by atoms with Crippen molar-refractivity contribution in [3.05, 3.63) is 88.4 Å². The van der Waals surface area contributed by atoms with E-state index >= 15 is 0 Å². The van der Waals surface area contributed by atoms with Gasteiger partial charge in [-0.2, -0.15) is 4.31 Å². The molecule has 0 aliphatic carbocycles. The molecule has 0 saturated carbocycles. The summed E-state index contributed by atoms with van der Waals surface area (Å²) in [6.45, 7) is 3.31. The smallest absolute Gasteiger partial charge is 0.243 e. The van der Waals surface area contributed by atoms with Crippen LogP contribution >= 0.6 is 11.6 Å². The number of halogens is 1. The van der Waals surface area contributed by atoms with E-state index in [0.29, 0.717) is 22.0 Å². The molecule has 0 atom stereocenters. The molecule has 0 aliphatic heterocycles.